The van der Waals surface area contributed by atoms with Crippen molar-refractivity contribution in [1.29, 1.82) is 0 Å². The highest BCUT2D eigenvalue weighted by molar-refractivity contribution is 5.86. The maximum atomic E-state index is 11.1. The lowest BCUT2D eigenvalue weighted by Crippen LogP contribution is -2.08. The molecule has 0 aromatic carbocycles. The van der Waals surface area contributed by atoms with Crippen LogP contribution in [-0.4, -0.2) is 33.2 Å². The van der Waals surface area contributed by atoms with Crippen LogP contribution in [0.4, 0.5) is 0 Å². The predicted octanol–water partition coefficient (Wildman–Crippen LogP) is 1.75. The van der Waals surface area contributed by atoms with Gasteiger partial charge in [0, 0.05) is 19.2 Å². The topological polar surface area (TPSA) is 63.8 Å². The van der Waals surface area contributed by atoms with Crippen molar-refractivity contribution in [2.75, 3.05) is 6.61 Å². The third-order valence-electron chi connectivity index (χ3n) is 3.22. The molecule has 18 heavy (non-hydrogen) atoms. The number of hydrogen-bond acceptors (Lipinski definition) is 3. The largest absolute Gasteiger partial charge is 0.477 e. The van der Waals surface area contributed by atoms with Crippen molar-refractivity contribution in [3.63, 3.8) is 0 Å². The van der Waals surface area contributed by atoms with Crippen molar-refractivity contribution in [2.45, 2.75) is 25.4 Å². The Morgan fingerprint density at radius 2 is 2.44 bits per heavy atom. The molecule has 0 bridgehead atoms. The van der Waals surface area contributed by atoms with Gasteiger partial charge >= 0.3 is 5.97 Å². The van der Waals surface area contributed by atoms with Crippen LogP contribution in [0.5, 0.6) is 0 Å². The molecule has 94 valence electrons. The van der Waals surface area contributed by atoms with Gasteiger partial charge < -0.3 is 9.84 Å². The molecule has 1 unspecified atom stereocenters. The van der Waals surface area contributed by atoms with E-state index in [0.29, 0.717) is 5.65 Å². The molecule has 3 heterocycles. The standard InChI is InChI=1S/C13H14N2O3/c16-13(17)11-4-1-5-12-14-9(8-15(11)12)7-10-3-2-6-18-10/h1,4-5,8,10H,2-3,6-7H2,(H,16,17). The van der Waals surface area contributed by atoms with E-state index in [0.717, 1.165) is 31.6 Å². The summed E-state index contributed by atoms with van der Waals surface area (Å²) in [5.41, 5.74) is 1.79. The summed E-state index contributed by atoms with van der Waals surface area (Å²) in [7, 11) is 0. The molecule has 2 aromatic rings. The van der Waals surface area contributed by atoms with E-state index >= 15 is 0 Å². The van der Waals surface area contributed by atoms with Gasteiger partial charge in [-0.3, -0.25) is 4.40 Å². The van der Waals surface area contributed by atoms with Gasteiger partial charge in [0.2, 0.25) is 0 Å². The highest BCUT2D eigenvalue weighted by Crippen LogP contribution is 2.18. The van der Waals surface area contributed by atoms with Crippen LogP contribution in [-0.2, 0) is 11.2 Å². The van der Waals surface area contributed by atoms with Gasteiger partial charge in [-0.05, 0) is 25.0 Å². The van der Waals surface area contributed by atoms with Gasteiger partial charge in [0.25, 0.3) is 0 Å². The third-order valence-corrected chi connectivity index (χ3v) is 3.22. The summed E-state index contributed by atoms with van der Waals surface area (Å²) in [5.74, 6) is -0.943. The van der Waals surface area contributed by atoms with E-state index in [-0.39, 0.29) is 11.8 Å². The average molecular weight is 246 g/mol. The van der Waals surface area contributed by atoms with Crippen LogP contribution in [0.25, 0.3) is 5.65 Å². The Morgan fingerprint density at radius 3 is 3.17 bits per heavy atom. The fraction of sp³-hybridized carbons (Fsp3) is 0.385. The SMILES string of the molecule is O=C(O)c1cccc2nc(CC3CCCO3)cn12. The Bertz CT molecular complexity index is 585. The number of aromatic carboxylic acids is 1. The number of carbonyl (C=O) groups is 1. The minimum Gasteiger partial charge on any atom is -0.477 e. The molecule has 5 nitrogen and oxygen atoms in total. The number of hydrogen-bond donors (Lipinski definition) is 1. The Morgan fingerprint density at radius 1 is 1.56 bits per heavy atom. The van der Waals surface area contributed by atoms with Crippen LogP contribution in [0, 0.1) is 0 Å². The van der Waals surface area contributed by atoms with Gasteiger partial charge in [-0.15, -0.1) is 0 Å². The van der Waals surface area contributed by atoms with Crippen molar-refractivity contribution in [3.05, 3.63) is 35.8 Å². The highest BCUT2D eigenvalue weighted by Gasteiger charge is 2.18. The lowest BCUT2D eigenvalue weighted by molar-refractivity contribution is 0.0689. The van der Waals surface area contributed by atoms with Crippen LogP contribution in [0.2, 0.25) is 0 Å². The number of fused-ring (bicyclic) bond motifs is 1. The van der Waals surface area contributed by atoms with E-state index in [1.54, 1.807) is 22.7 Å². The molecule has 5 heteroatoms. The summed E-state index contributed by atoms with van der Waals surface area (Å²) >= 11 is 0. The zero-order chi connectivity index (χ0) is 12.5. The minimum absolute atomic E-state index is 0.225. The number of rotatable bonds is 3. The van der Waals surface area contributed by atoms with Crippen molar-refractivity contribution in [2.24, 2.45) is 0 Å². The van der Waals surface area contributed by atoms with E-state index in [1.165, 1.54) is 0 Å². The lowest BCUT2D eigenvalue weighted by atomic mass is 10.1. The summed E-state index contributed by atoms with van der Waals surface area (Å²) in [6.45, 7) is 0.818. The molecule has 1 aliphatic rings. The summed E-state index contributed by atoms with van der Waals surface area (Å²) < 4.78 is 7.18. The number of carboxylic acids is 1. The second kappa shape index (κ2) is 4.42. The number of carboxylic acid groups (broad SMARTS) is 1. The highest BCUT2D eigenvalue weighted by atomic mass is 16.5. The Balaban J connectivity index is 1.94. The summed E-state index contributed by atoms with van der Waals surface area (Å²) in [6.07, 6.45) is 4.92. The third kappa shape index (κ3) is 1.97. The van der Waals surface area contributed by atoms with Gasteiger partial charge in [0.15, 0.2) is 0 Å². The number of imidazole rings is 1. The van der Waals surface area contributed by atoms with Gasteiger partial charge in [-0.25, -0.2) is 9.78 Å². The molecule has 0 radical (unpaired) electrons. The van der Waals surface area contributed by atoms with E-state index < -0.39 is 5.97 Å². The average Bonchev–Trinajstić information content (AvgIpc) is 2.96. The number of ether oxygens (including phenoxy) is 1. The first-order valence-corrected chi connectivity index (χ1v) is 6.06. The van der Waals surface area contributed by atoms with Crippen molar-refractivity contribution in [1.82, 2.24) is 9.38 Å². The fourth-order valence-electron chi connectivity index (χ4n) is 2.37. The van der Waals surface area contributed by atoms with Gasteiger partial charge in [-0.1, -0.05) is 6.07 Å². The quantitative estimate of drug-likeness (QED) is 0.896. The molecule has 3 rings (SSSR count). The maximum Gasteiger partial charge on any atom is 0.352 e. The number of aromatic nitrogens is 2. The fourth-order valence-corrected chi connectivity index (χ4v) is 2.37. The molecular formula is C13H14N2O3. The molecule has 1 aliphatic heterocycles. The summed E-state index contributed by atoms with van der Waals surface area (Å²) in [4.78, 5) is 15.5. The van der Waals surface area contributed by atoms with Crippen LogP contribution < -0.4 is 0 Å². The first-order chi connectivity index (χ1) is 8.74. The van der Waals surface area contributed by atoms with E-state index in [4.69, 9.17) is 9.84 Å². The zero-order valence-electron chi connectivity index (χ0n) is 9.87. The molecule has 0 amide bonds. The van der Waals surface area contributed by atoms with E-state index in [2.05, 4.69) is 4.98 Å². The predicted molar refractivity (Wildman–Crippen MR) is 64.8 cm³/mol. The second-order valence-electron chi connectivity index (χ2n) is 4.52. The van der Waals surface area contributed by atoms with E-state index in [9.17, 15) is 4.79 Å². The minimum atomic E-state index is -0.943. The Kier molecular flexibility index (Phi) is 2.76. The second-order valence-corrected chi connectivity index (χ2v) is 4.52. The number of nitrogens with zero attached hydrogens (tertiary/aromatic N) is 2. The molecule has 1 saturated heterocycles. The van der Waals surface area contributed by atoms with Crippen LogP contribution >= 0.6 is 0 Å². The Hall–Kier alpha value is -1.88. The first kappa shape index (κ1) is 11.2. The van der Waals surface area contributed by atoms with E-state index in [1.807, 2.05) is 6.07 Å². The Labute approximate surface area is 104 Å². The monoisotopic (exact) mass is 246 g/mol. The summed E-state index contributed by atoms with van der Waals surface area (Å²) in [6, 6.07) is 5.10. The summed E-state index contributed by atoms with van der Waals surface area (Å²) in [5, 5.41) is 9.10. The van der Waals surface area contributed by atoms with Crippen molar-refractivity contribution < 1.29 is 14.6 Å². The molecule has 1 N–H and O–H groups in total. The number of pyridine rings is 1. The van der Waals surface area contributed by atoms with Crippen LogP contribution in [0.3, 0.4) is 0 Å². The lowest BCUT2D eigenvalue weighted by Gasteiger charge is -2.05. The van der Waals surface area contributed by atoms with Crippen LogP contribution in [0.15, 0.2) is 24.4 Å². The molecule has 0 saturated carbocycles. The maximum absolute atomic E-state index is 11.1. The van der Waals surface area contributed by atoms with Gasteiger partial charge in [0.05, 0.1) is 11.8 Å². The molecular weight excluding hydrogens is 232 g/mol. The van der Waals surface area contributed by atoms with Crippen molar-refractivity contribution >= 4 is 11.6 Å². The smallest absolute Gasteiger partial charge is 0.352 e. The molecule has 1 atom stereocenters. The van der Waals surface area contributed by atoms with Crippen molar-refractivity contribution in [3.8, 4) is 0 Å². The van der Waals surface area contributed by atoms with Gasteiger partial charge in [0.1, 0.15) is 11.3 Å². The first-order valence-electron chi connectivity index (χ1n) is 6.06. The molecule has 1 fully saturated rings. The molecule has 0 spiro atoms. The molecule has 0 aliphatic carbocycles. The zero-order valence-corrected chi connectivity index (χ0v) is 9.87. The van der Waals surface area contributed by atoms with Gasteiger partial charge in [-0.2, -0.15) is 0 Å². The normalized spacial score (nSPS) is 19.4. The molecule has 2 aromatic heterocycles. The van der Waals surface area contributed by atoms with Crippen LogP contribution in [0.1, 0.15) is 29.0 Å².